The Labute approximate surface area is 163 Å². The molecule has 3 rings (SSSR count). The molecule has 0 unspecified atom stereocenters. The zero-order valence-corrected chi connectivity index (χ0v) is 16.4. The van der Waals surface area contributed by atoms with E-state index < -0.39 is 20.5 Å². The first-order chi connectivity index (χ1) is 13.2. The number of rotatable bonds is 6. The molecule has 2 heterocycles. The lowest BCUT2D eigenvalue weighted by Gasteiger charge is -2.06. The van der Waals surface area contributed by atoms with Gasteiger partial charge in [-0.3, -0.25) is 4.79 Å². The third kappa shape index (κ3) is 4.28. The molecule has 148 valence electrons. The summed E-state index contributed by atoms with van der Waals surface area (Å²) in [6, 6.07) is 6.39. The van der Waals surface area contributed by atoms with E-state index in [0.29, 0.717) is 10.9 Å². The van der Waals surface area contributed by atoms with E-state index in [-0.39, 0.29) is 17.3 Å². The molecular weight excluding hydrogens is 412 g/mol. The maximum atomic E-state index is 12.5. The van der Waals surface area contributed by atoms with Crippen LogP contribution in [0.15, 0.2) is 40.4 Å². The van der Waals surface area contributed by atoms with Crippen molar-refractivity contribution in [3.05, 3.63) is 41.7 Å². The fraction of sp³-hybridized carbons (Fsp3) is 0.250. The van der Waals surface area contributed by atoms with Crippen molar-refractivity contribution in [2.75, 3.05) is 11.1 Å². The topological polar surface area (TPSA) is 106 Å². The van der Waals surface area contributed by atoms with E-state index in [2.05, 4.69) is 20.4 Å². The molecule has 0 aliphatic carbocycles. The molecule has 0 atom stereocenters. The average molecular weight is 427 g/mol. The molecule has 0 aliphatic rings. The monoisotopic (exact) mass is 427 g/mol. The van der Waals surface area contributed by atoms with Crippen molar-refractivity contribution in [2.24, 2.45) is 0 Å². The Bertz CT molecular complexity index is 1130. The van der Waals surface area contributed by atoms with Crippen molar-refractivity contribution >= 4 is 39.0 Å². The number of aromatic nitrogens is 4. The number of aryl methyl sites for hydroxylation is 2. The molecule has 1 N–H and O–H groups in total. The van der Waals surface area contributed by atoms with Gasteiger partial charge in [0, 0.05) is 17.1 Å². The Balaban J connectivity index is 1.62. The van der Waals surface area contributed by atoms with Gasteiger partial charge in [0.15, 0.2) is 0 Å². The van der Waals surface area contributed by atoms with E-state index in [9.17, 15) is 22.0 Å². The molecule has 1 amide bonds. The number of alkyl halides is 2. The van der Waals surface area contributed by atoms with Gasteiger partial charge in [-0.05, 0) is 44.2 Å². The summed E-state index contributed by atoms with van der Waals surface area (Å²) in [4.78, 5) is 20.1. The van der Waals surface area contributed by atoms with Gasteiger partial charge in [-0.15, -0.1) is 5.10 Å². The predicted octanol–water partition coefficient (Wildman–Crippen LogP) is 2.47. The molecule has 0 spiro atoms. The molecule has 1 aromatic carbocycles. The van der Waals surface area contributed by atoms with Crippen molar-refractivity contribution in [3.8, 4) is 0 Å². The number of benzene rings is 1. The second kappa shape index (κ2) is 7.80. The Morgan fingerprint density at radius 1 is 1.21 bits per heavy atom. The van der Waals surface area contributed by atoms with E-state index in [4.69, 9.17) is 0 Å². The van der Waals surface area contributed by atoms with Crippen LogP contribution in [-0.4, -0.2) is 45.4 Å². The molecule has 0 saturated carbocycles. The van der Waals surface area contributed by atoms with Gasteiger partial charge < -0.3 is 5.32 Å². The van der Waals surface area contributed by atoms with Gasteiger partial charge in [0.05, 0.1) is 10.6 Å². The van der Waals surface area contributed by atoms with Crippen molar-refractivity contribution in [1.29, 1.82) is 0 Å². The minimum Gasteiger partial charge on any atom is -0.325 e. The third-order valence-corrected chi connectivity index (χ3v) is 5.87. The first-order valence-corrected chi connectivity index (χ1v) is 10.5. The molecule has 8 nitrogen and oxygen atoms in total. The van der Waals surface area contributed by atoms with Crippen LogP contribution in [0.4, 0.5) is 14.5 Å². The molecule has 0 bridgehead atoms. The molecule has 0 aliphatic heterocycles. The van der Waals surface area contributed by atoms with Crippen LogP contribution in [0.5, 0.6) is 0 Å². The van der Waals surface area contributed by atoms with Crippen LogP contribution >= 0.6 is 11.8 Å². The highest BCUT2D eigenvalue weighted by molar-refractivity contribution is 7.99. The number of anilines is 1. The lowest BCUT2D eigenvalue weighted by molar-refractivity contribution is -0.113. The fourth-order valence-electron chi connectivity index (χ4n) is 2.37. The van der Waals surface area contributed by atoms with Gasteiger partial charge in [-0.2, -0.15) is 13.8 Å². The first-order valence-electron chi connectivity index (χ1n) is 7.92. The van der Waals surface area contributed by atoms with Gasteiger partial charge in [0.1, 0.15) is 0 Å². The number of sulfone groups is 1. The number of amides is 1. The van der Waals surface area contributed by atoms with Crippen LogP contribution in [0.1, 0.15) is 11.4 Å². The molecule has 12 heteroatoms. The number of carbonyl (C=O) groups excluding carboxylic acids is 1. The molecule has 2 aromatic heterocycles. The molecule has 28 heavy (non-hydrogen) atoms. The van der Waals surface area contributed by atoms with Crippen LogP contribution in [-0.2, 0) is 14.6 Å². The average Bonchev–Trinajstić information content (AvgIpc) is 3.03. The Morgan fingerprint density at radius 3 is 2.54 bits per heavy atom. The van der Waals surface area contributed by atoms with Crippen LogP contribution in [0, 0.1) is 13.8 Å². The van der Waals surface area contributed by atoms with Gasteiger partial charge in [-0.1, -0.05) is 11.8 Å². The molecule has 0 fully saturated rings. The standard InChI is InChI=1S/C16H15F2N5O3S2/c1-9-7-10(2)23-15(19-9)21-16(22-23)27-8-13(24)20-11-3-5-12(6-4-11)28(25,26)14(17)18/h3-7,14H,8H2,1-2H3,(H,20,24). The summed E-state index contributed by atoms with van der Waals surface area (Å²) in [5.74, 6) is -3.43. The second-order valence-corrected chi connectivity index (χ2v) is 8.67. The van der Waals surface area contributed by atoms with E-state index >= 15 is 0 Å². The highest BCUT2D eigenvalue weighted by Crippen LogP contribution is 2.21. The lowest BCUT2D eigenvalue weighted by atomic mass is 10.3. The third-order valence-electron chi connectivity index (χ3n) is 3.63. The highest BCUT2D eigenvalue weighted by Gasteiger charge is 2.26. The number of halogens is 2. The Kier molecular flexibility index (Phi) is 5.61. The SMILES string of the molecule is Cc1cc(C)n2nc(SCC(=O)Nc3ccc(S(=O)(=O)C(F)F)cc3)nc2n1. The molecule has 0 saturated heterocycles. The van der Waals surface area contributed by atoms with Crippen LogP contribution < -0.4 is 5.32 Å². The fourth-order valence-corrected chi connectivity index (χ4v) is 3.71. The minimum atomic E-state index is -4.66. The summed E-state index contributed by atoms with van der Waals surface area (Å²) in [5, 5.41) is 7.21. The Hall–Kier alpha value is -2.60. The summed E-state index contributed by atoms with van der Waals surface area (Å²) in [5.41, 5.74) is 1.96. The molecule has 3 aromatic rings. The molecule has 0 radical (unpaired) electrons. The lowest BCUT2D eigenvalue weighted by Crippen LogP contribution is -2.15. The van der Waals surface area contributed by atoms with E-state index in [1.807, 2.05) is 19.9 Å². The van der Waals surface area contributed by atoms with Gasteiger partial charge in [0.2, 0.25) is 20.9 Å². The maximum absolute atomic E-state index is 12.5. The Morgan fingerprint density at radius 2 is 1.89 bits per heavy atom. The van der Waals surface area contributed by atoms with Crippen molar-refractivity contribution in [1.82, 2.24) is 19.6 Å². The zero-order chi connectivity index (χ0) is 20.5. The number of thioether (sulfide) groups is 1. The predicted molar refractivity (Wildman–Crippen MR) is 99.2 cm³/mol. The van der Waals surface area contributed by atoms with E-state index in [1.165, 1.54) is 12.1 Å². The van der Waals surface area contributed by atoms with Crippen molar-refractivity contribution in [3.63, 3.8) is 0 Å². The largest absolute Gasteiger partial charge is 0.341 e. The van der Waals surface area contributed by atoms with E-state index in [0.717, 1.165) is 35.3 Å². The van der Waals surface area contributed by atoms with Gasteiger partial charge in [-0.25, -0.2) is 17.9 Å². The smallest absolute Gasteiger partial charge is 0.325 e. The van der Waals surface area contributed by atoms with Crippen molar-refractivity contribution < 1.29 is 22.0 Å². The van der Waals surface area contributed by atoms with Gasteiger partial charge >= 0.3 is 5.76 Å². The van der Waals surface area contributed by atoms with Crippen molar-refractivity contribution in [2.45, 2.75) is 29.7 Å². The summed E-state index contributed by atoms with van der Waals surface area (Å²) < 4.78 is 49.4. The number of hydrogen-bond donors (Lipinski definition) is 1. The number of hydrogen-bond acceptors (Lipinski definition) is 7. The maximum Gasteiger partial charge on any atom is 0.341 e. The van der Waals surface area contributed by atoms with Crippen LogP contribution in [0.25, 0.3) is 5.78 Å². The summed E-state index contributed by atoms with van der Waals surface area (Å²) in [7, 11) is -4.66. The summed E-state index contributed by atoms with van der Waals surface area (Å²) in [6.07, 6.45) is 0. The number of nitrogens with zero attached hydrogens (tertiary/aromatic N) is 4. The van der Waals surface area contributed by atoms with E-state index in [1.54, 1.807) is 4.52 Å². The minimum absolute atomic E-state index is 0.00595. The molecular formula is C16H15F2N5O3S2. The number of fused-ring (bicyclic) bond motifs is 1. The summed E-state index contributed by atoms with van der Waals surface area (Å²) in [6.45, 7) is 3.72. The highest BCUT2D eigenvalue weighted by atomic mass is 32.2. The number of nitrogens with one attached hydrogen (secondary N) is 1. The first kappa shape index (κ1) is 20.1. The quantitative estimate of drug-likeness (QED) is 0.602. The van der Waals surface area contributed by atoms with Crippen LogP contribution in [0.2, 0.25) is 0 Å². The van der Waals surface area contributed by atoms with Crippen LogP contribution in [0.3, 0.4) is 0 Å². The zero-order valence-electron chi connectivity index (χ0n) is 14.8. The number of carbonyl (C=O) groups is 1. The summed E-state index contributed by atoms with van der Waals surface area (Å²) >= 11 is 1.11. The second-order valence-electron chi connectivity index (χ2n) is 5.81. The van der Waals surface area contributed by atoms with Gasteiger partial charge in [0.25, 0.3) is 5.78 Å². The normalized spacial score (nSPS) is 11.9.